The van der Waals surface area contributed by atoms with Gasteiger partial charge in [0, 0.05) is 29.5 Å². The smallest absolute Gasteiger partial charge is 0.229 e. The molecule has 1 aliphatic carbocycles. The third-order valence-corrected chi connectivity index (χ3v) is 5.86. The van der Waals surface area contributed by atoms with Crippen LogP contribution in [-0.4, -0.2) is 47.5 Å². The van der Waals surface area contributed by atoms with Crippen LogP contribution in [0.4, 0.5) is 11.5 Å². The largest absolute Gasteiger partial charge is 0.367 e. The predicted molar refractivity (Wildman–Crippen MR) is 116 cm³/mol. The van der Waals surface area contributed by atoms with E-state index in [1.54, 1.807) is 24.4 Å². The molecule has 1 fully saturated rings. The lowest BCUT2D eigenvalue weighted by molar-refractivity contribution is 0.104. The lowest BCUT2D eigenvalue weighted by Gasteiger charge is -2.27. The first-order chi connectivity index (χ1) is 14.3. The molecule has 30 heavy (non-hydrogen) atoms. The second kappa shape index (κ2) is 8.04. The van der Waals surface area contributed by atoms with Crippen LogP contribution in [0.15, 0.2) is 36.8 Å². The van der Waals surface area contributed by atoms with Crippen LogP contribution in [0.5, 0.6) is 0 Å². The summed E-state index contributed by atoms with van der Waals surface area (Å²) in [5.74, 6) is 0.359. The lowest BCUT2D eigenvalue weighted by atomic mass is 9.92. The summed E-state index contributed by atoms with van der Waals surface area (Å²) in [5, 5.41) is 4.07. The van der Waals surface area contributed by atoms with Crippen LogP contribution < -0.4 is 15.8 Å². The zero-order valence-corrected chi connectivity index (χ0v) is 17.4. The Hall–Kier alpha value is -2.98. The molecule has 1 aromatic carbocycles. The highest BCUT2D eigenvalue weighted by atomic mass is 32.2. The molecule has 2 heterocycles. The molecule has 0 saturated heterocycles. The zero-order chi connectivity index (χ0) is 21.3. The topological polar surface area (TPSA) is 143 Å². The van der Waals surface area contributed by atoms with Gasteiger partial charge in [-0.1, -0.05) is 12.1 Å². The van der Waals surface area contributed by atoms with Crippen molar-refractivity contribution >= 4 is 38.3 Å². The maximum absolute atomic E-state index is 13.2. The molecule has 1 saturated carbocycles. The number of hydrogen-bond donors (Lipinski definition) is 4. The summed E-state index contributed by atoms with van der Waals surface area (Å²) >= 11 is 0. The van der Waals surface area contributed by atoms with Crippen molar-refractivity contribution < 1.29 is 13.2 Å². The molecule has 9 nitrogen and oxygen atoms in total. The average molecular weight is 429 g/mol. The summed E-state index contributed by atoms with van der Waals surface area (Å²) in [6, 6.07) is 6.87. The highest BCUT2D eigenvalue weighted by Crippen LogP contribution is 2.29. The second-order valence-electron chi connectivity index (χ2n) is 7.69. The number of nitrogens with zero attached hydrogens (tertiary/aromatic N) is 2. The van der Waals surface area contributed by atoms with Crippen molar-refractivity contribution in [3.8, 4) is 0 Å². The van der Waals surface area contributed by atoms with E-state index in [1.165, 1.54) is 12.4 Å². The van der Waals surface area contributed by atoms with Gasteiger partial charge in [0.05, 0.1) is 17.2 Å². The van der Waals surface area contributed by atoms with E-state index in [0.29, 0.717) is 33.7 Å². The fourth-order valence-corrected chi connectivity index (χ4v) is 4.36. The molecule has 0 spiro atoms. The maximum Gasteiger partial charge on any atom is 0.229 e. The van der Waals surface area contributed by atoms with Crippen molar-refractivity contribution in [1.29, 1.82) is 0 Å². The summed E-state index contributed by atoms with van der Waals surface area (Å²) in [6.07, 6.45) is 7.92. The van der Waals surface area contributed by atoms with Crippen molar-refractivity contribution in [2.75, 3.05) is 16.3 Å². The minimum Gasteiger partial charge on any atom is -0.367 e. The number of rotatable bonds is 6. The number of anilines is 2. The molecule has 0 radical (unpaired) electrons. The number of H-pyrrole nitrogens is 1. The van der Waals surface area contributed by atoms with Gasteiger partial charge in [-0.2, -0.15) is 0 Å². The van der Waals surface area contributed by atoms with Gasteiger partial charge in [-0.25, -0.2) is 18.4 Å². The van der Waals surface area contributed by atoms with Crippen LogP contribution in [0.25, 0.3) is 11.0 Å². The number of hydrogen-bond acceptors (Lipinski definition) is 7. The van der Waals surface area contributed by atoms with Gasteiger partial charge in [0.1, 0.15) is 17.8 Å². The van der Waals surface area contributed by atoms with E-state index in [1.807, 2.05) is 0 Å². The fourth-order valence-electron chi connectivity index (χ4n) is 3.80. The van der Waals surface area contributed by atoms with Crippen LogP contribution >= 0.6 is 0 Å². The molecular weight excluding hydrogens is 404 g/mol. The minimum absolute atomic E-state index is 0.239. The predicted octanol–water partition coefficient (Wildman–Crippen LogP) is 2.24. The monoisotopic (exact) mass is 428 g/mol. The Balaban J connectivity index is 1.66. The van der Waals surface area contributed by atoms with Crippen molar-refractivity contribution in [3.63, 3.8) is 0 Å². The summed E-state index contributed by atoms with van der Waals surface area (Å²) in [6.45, 7) is 0. The molecule has 2 aromatic heterocycles. The molecule has 0 unspecified atom stereocenters. The van der Waals surface area contributed by atoms with Gasteiger partial charge in [-0.15, -0.1) is 0 Å². The Morgan fingerprint density at radius 1 is 1.20 bits per heavy atom. The number of carbonyl (C=O) groups is 1. The van der Waals surface area contributed by atoms with Gasteiger partial charge in [-0.05, 0) is 37.8 Å². The number of nitrogens with one attached hydrogen (secondary N) is 3. The van der Waals surface area contributed by atoms with Gasteiger partial charge < -0.3 is 16.0 Å². The van der Waals surface area contributed by atoms with E-state index in [9.17, 15) is 13.2 Å². The van der Waals surface area contributed by atoms with Gasteiger partial charge in [-0.3, -0.25) is 9.52 Å². The van der Waals surface area contributed by atoms with Gasteiger partial charge in [0.25, 0.3) is 0 Å². The summed E-state index contributed by atoms with van der Waals surface area (Å²) in [7, 11) is -3.44. The van der Waals surface area contributed by atoms with Crippen molar-refractivity contribution in [2.45, 2.75) is 37.8 Å². The highest BCUT2D eigenvalue weighted by molar-refractivity contribution is 7.92. The molecule has 5 N–H and O–H groups in total. The number of sulfonamides is 1. The first-order valence-electron chi connectivity index (χ1n) is 9.77. The van der Waals surface area contributed by atoms with Crippen LogP contribution in [0.1, 0.15) is 41.6 Å². The maximum atomic E-state index is 13.2. The standard InChI is InChI=1S/C20H24N6O3S/c1-30(28,29)26-15-4-2-3-12(9-15)18(27)16-10-22-19-17(16)20(24-11-23-19)25-14-7-5-13(21)6-8-14/h2-4,9-11,13-14,26H,5-8,21H2,1H3,(H2,22,23,24,25). The van der Waals surface area contributed by atoms with Crippen molar-refractivity contribution in [1.82, 2.24) is 15.0 Å². The lowest BCUT2D eigenvalue weighted by Crippen LogP contribution is -2.33. The Kier molecular flexibility index (Phi) is 5.44. The zero-order valence-electron chi connectivity index (χ0n) is 16.6. The summed E-state index contributed by atoms with van der Waals surface area (Å²) in [4.78, 5) is 24.9. The van der Waals surface area contributed by atoms with Crippen molar-refractivity contribution in [3.05, 3.63) is 47.9 Å². The van der Waals surface area contributed by atoms with Crippen molar-refractivity contribution in [2.24, 2.45) is 5.73 Å². The van der Waals surface area contributed by atoms with E-state index in [0.717, 1.165) is 31.9 Å². The SMILES string of the molecule is CS(=O)(=O)Nc1cccc(C(=O)c2c[nH]c3ncnc(NC4CCC(N)CC4)c23)c1. The molecule has 158 valence electrons. The molecular formula is C20H24N6O3S. The molecule has 4 rings (SSSR count). The fraction of sp³-hybridized carbons (Fsp3) is 0.350. The van der Waals surface area contributed by atoms with E-state index < -0.39 is 10.0 Å². The molecule has 0 amide bonds. The molecule has 0 bridgehead atoms. The van der Waals surface area contributed by atoms with E-state index in [4.69, 9.17) is 5.73 Å². The third-order valence-electron chi connectivity index (χ3n) is 5.26. The number of fused-ring (bicyclic) bond motifs is 1. The first-order valence-corrected chi connectivity index (χ1v) is 11.7. The molecule has 10 heteroatoms. The van der Waals surface area contributed by atoms with E-state index >= 15 is 0 Å². The van der Waals surface area contributed by atoms with Crippen LogP contribution in [0.3, 0.4) is 0 Å². The number of aromatic amines is 1. The third kappa shape index (κ3) is 4.44. The Morgan fingerprint density at radius 2 is 1.97 bits per heavy atom. The molecule has 0 atom stereocenters. The minimum atomic E-state index is -3.44. The second-order valence-corrected chi connectivity index (χ2v) is 9.44. The quantitative estimate of drug-likeness (QED) is 0.441. The highest BCUT2D eigenvalue weighted by Gasteiger charge is 2.23. The van der Waals surface area contributed by atoms with E-state index in [-0.39, 0.29) is 17.9 Å². The van der Waals surface area contributed by atoms with E-state index in [2.05, 4.69) is 25.0 Å². The normalized spacial score (nSPS) is 19.5. The average Bonchev–Trinajstić information content (AvgIpc) is 3.13. The number of nitrogens with two attached hydrogens (primary N) is 1. The first kappa shape index (κ1) is 20.3. The molecule has 0 aliphatic heterocycles. The van der Waals surface area contributed by atoms with Crippen LogP contribution in [0.2, 0.25) is 0 Å². The Bertz CT molecular complexity index is 1180. The number of carbonyl (C=O) groups excluding carboxylic acids is 1. The van der Waals surface area contributed by atoms with Gasteiger partial charge in [0.2, 0.25) is 10.0 Å². The molecule has 1 aliphatic rings. The summed E-state index contributed by atoms with van der Waals surface area (Å²) in [5.41, 5.74) is 7.68. The number of ketones is 1. The Labute approximate surface area is 174 Å². The number of benzene rings is 1. The van der Waals surface area contributed by atoms with Gasteiger partial charge in [0.15, 0.2) is 5.78 Å². The van der Waals surface area contributed by atoms with Crippen LogP contribution in [-0.2, 0) is 10.0 Å². The number of aromatic nitrogens is 3. The van der Waals surface area contributed by atoms with Gasteiger partial charge >= 0.3 is 0 Å². The van der Waals surface area contributed by atoms with Crippen LogP contribution in [0, 0.1) is 0 Å². The summed E-state index contributed by atoms with van der Waals surface area (Å²) < 4.78 is 25.4. The Morgan fingerprint density at radius 3 is 2.70 bits per heavy atom. The molecule has 3 aromatic rings.